The van der Waals surface area contributed by atoms with E-state index in [1.54, 1.807) is 29.2 Å². The molecular formula is C21H23N7O. The minimum atomic E-state index is 0.00584. The maximum Gasteiger partial charge on any atom is 0.246 e. The van der Waals surface area contributed by atoms with Gasteiger partial charge >= 0.3 is 0 Å². The number of rotatable bonds is 5. The molecule has 1 aliphatic rings. The summed E-state index contributed by atoms with van der Waals surface area (Å²) in [6.45, 7) is 3.24. The van der Waals surface area contributed by atoms with E-state index in [4.69, 9.17) is 0 Å². The lowest BCUT2D eigenvalue weighted by Crippen LogP contribution is -2.26. The number of pyridine rings is 1. The van der Waals surface area contributed by atoms with Crippen LogP contribution in [0.3, 0.4) is 0 Å². The third-order valence-electron chi connectivity index (χ3n) is 4.95. The highest BCUT2D eigenvalue weighted by molar-refractivity contribution is 5.91. The van der Waals surface area contributed by atoms with Crippen LogP contribution < -0.4 is 5.32 Å². The van der Waals surface area contributed by atoms with Crippen LogP contribution in [0.2, 0.25) is 0 Å². The van der Waals surface area contributed by atoms with Gasteiger partial charge in [0.05, 0.1) is 11.4 Å². The number of hydrogen-bond acceptors (Lipinski definition) is 6. The Kier molecular flexibility index (Phi) is 5.33. The van der Waals surface area contributed by atoms with Crippen LogP contribution in [0.15, 0.2) is 48.8 Å². The number of hydrogen-bond donors (Lipinski definition) is 1. The second-order valence-corrected chi connectivity index (χ2v) is 7.05. The lowest BCUT2D eigenvalue weighted by Gasteiger charge is -2.15. The number of amides is 1. The maximum atomic E-state index is 12.6. The summed E-state index contributed by atoms with van der Waals surface area (Å²) < 4.78 is 1.73. The average Bonchev–Trinajstić information content (AvgIpc) is 3.36. The van der Waals surface area contributed by atoms with E-state index in [2.05, 4.69) is 25.4 Å². The molecular weight excluding hydrogens is 366 g/mol. The summed E-state index contributed by atoms with van der Waals surface area (Å²) in [6.07, 6.45) is 7.73. The Morgan fingerprint density at radius 1 is 1.21 bits per heavy atom. The molecule has 1 N–H and O–H groups in total. The van der Waals surface area contributed by atoms with E-state index in [1.807, 2.05) is 49.2 Å². The molecule has 0 aromatic carbocycles. The lowest BCUT2D eigenvalue weighted by molar-refractivity contribution is -0.124. The predicted octanol–water partition coefficient (Wildman–Crippen LogP) is 2.69. The molecule has 1 atom stereocenters. The maximum absolute atomic E-state index is 12.6. The fourth-order valence-corrected chi connectivity index (χ4v) is 3.44. The number of carbonyl (C=O) groups excluding carboxylic acids is 1. The van der Waals surface area contributed by atoms with Gasteiger partial charge in [0, 0.05) is 50.6 Å². The normalized spacial score (nSPS) is 16.5. The van der Waals surface area contributed by atoms with E-state index >= 15 is 0 Å². The Balaban J connectivity index is 1.44. The zero-order valence-electron chi connectivity index (χ0n) is 16.5. The molecule has 1 saturated heterocycles. The Labute approximate surface area is 169 Å². The van der Waals surface area contributed by atoms with Gasteiger partial charge in [0.25, 0.3) is 0 Å². The Morgan fingerprint density at radius 2 is 2.10 bits per heavy atom. The third kappa shape index (κ3) is 4.48. The molecule has 29 heavy (non-hydrogen) atoms. The van der Waals surface area contributed by atoms with Crippen molar-refractivity contribution in [3.63, 3.8) is 0 Å². The molecule has 0 bridgehead atoms. The Bertz CT molecular complexity index is 1030. The fourth-order valence-electron chi connectivity index (χ4n) is 3.44. The van der Waals surface area contributed by atoms with E-state index in [0.717, 1.165) is 23.6 Å². The van der Waals surface area contributed by atoms with Crippen molar-refractivity contribution in [2.45, 2.75) is 19.3 Å². The van der Waals surface area contributed by atoms with Crippen molar-refractivity contribution in [3.8, 4) is 0 Å². The lowest BCUT2D eigenvalue weighted by atomic mass is 10.0. The van der Waals surface area contributed by atoms with Gasteiger partial charge < -0.3 is 10.2 Å². The standard InChI is InChI=1S/C21H23N7O/c1-15-24-18(13-20(25-15)26-19-5-3-4-10-22-19)16-9-12-28(14-16)21(29)7-6-17-8-11-23-27(17)2/h3-8,10-11,13,16H,9,12,14H2,1-2H3,(H,22,24,25,26)/b7-6+/t16-/m1/s1. The number of nitrogens with one attached hydrogen (secondary N) is 1. The van der Waals surface area contributed by atoms with Crippen molar-refractivity contribution in [2.24, 2.45) is 7.05 Å². The minimum Gasteiger partial charge on any atom is -0.338 e. The topological polar surface area (TPSA) is 88.8 Å². The second kappa shape index (κ2) is 8.22. The zero-order valence-corrected chi connectivity index (χ0v) is 16.5. The van der Waals surface area contributed by atoms with Crippen molar-refractivity contribution in [3.05, 3.63) is 66.0 Å². The van der Waals surface area contributed by atoms with Crippen LogP contribution in [0.4, 0.5) is 11.6 Å². The fraction of sp³-hybridized carbons (Fsp3) is 0.286. The number of aromatic nitrogens is 5. The molecule has 0 saturated carbocycles. The zero-order chi connectivity index (χ0) is 20.2. The summed E-state index contributed by atoms with van der Waals surface area (Å²) in [5, 5.41) is 7.33. The summed E-state index contributed by atoms with van der Waals surface area (Å²) in [4.78, 5) is 27.8. The van der Waals surface area contributed by atoms with Crippen LogP contribution in [0.1, 0.15) is 29.6 Å². The predicted molar refractivity (Wildman–Crippen MR) is 110 cm³/mol. The van der Waals surface area contributed by atoms with E-state index in [-0.39, 0.29) is 11.8 Å². The minimum absolute atomic E-state index is 0.00584. The van der Waals surface area contributed by atoms with Gasteiger partial charge in [-0.05, 0) is 37.6 Å². The van der Waals surface area contributed by atoms with Gasteiger partial charge in [-0.25, -0.2) is 15.0 Å². The van der Waals surface area contributed by atoms with Crippen molar-refractivity contribution in [2.75, 3.05) is 18.4 Å². The molecule has 0 aliphatic carbocycles. The van der Waals surface area contributed by atoms with Gasteiger partial charge in [-0.15, -0.1) is 0 Å². The van der Waals surface area contributed by atoms with Gasteiger partial charge in [0.15, 0.2) is 0 Å². The number of carbonyl (C=O) groups is 1. The van der Waals surface area contributed by atoms with Crippen LogP contribution in [-0.4, -0.2) is 48.6 Å². The van der Waals surface area contributed by atoms with Gasteiger partial charge in [-0.1, -0.05) is 6.07 Å². The molecule has 148 valence electrons. The highest BCUT2D eigenvalue weighted by Gasteiger charge is 2.27. The van der Waals surface area contributed by atoms with E-state index < -0.39 is 0 Å². The van der Waals surface area contributed by atoms with Crippen LogP contribution in [-0.2, 0) is 11.8 Å². The summed E-state index contributed by atoms with van der Waals surface area (Å²) in [5.74, 6) is 2.34. The van der Waals surface area contributed by atoms with E-state index in [9.17, 15) is 4.79 Å². The van der Waals surface area contributed by atoms with Crippen molar-refractivity contribution < 1.29 is 4.79 Å². The summed E-state index contributed by atoms with van der Waals surface area (Å²) in [7, 11) is 1.85. The monoisotopic (exact) mass is 389 g/mol. The highest BCUT2D eigenvalue weighted by Crippen LogP contribution is 2.28. The molecule has 0 spiro atoms. The van der Waals surface area contributed by atoms with Gasteiger partial charge in [0.2, 0.25) is 5.91 Å². The van der Waals surface area contributed by atoms with Gasteiger partial charge in [-0.3, -0.25) is 9.48 Å². The number of anilines is 2. The van der Waals surface area contributed by atoms with Gasteiger partial charge in [0.1, 0.15) is 17.5 Å². The van der Waals surface area contributed by atoms with Crippen molar-refractivity contribution >= 4 is 23.6 Å². The smallest absolute Gasteiger partial charge is 0.246 e. The number of aryl methyl sites for hydroxylation is 2. The van der Waals surface area contributed by atoms with E-state index in [1.165, 1.54) is 0 Å². The second-order valence-electron chi connectivity index (χ2n) is 7.05. The van der Waals surface area contributed by atoms with Crippen LogP contribution in [0.25, 0.3) is 6.08 Å². The van der Waals surface area contributed by atoms with Crippen molar-refractivity contribution in [1.82, 2.24) is 29.6 Å². The average molecular weight is 389 g/mol. The van der Waals surface area contributed by atoms with Crippen molar-refractivity contribution in [1.29, 1.82) is 0 Å². The Morgan fingerprint density at radius 3 is 2.86 bits per heavy atom. The molecule has 4 rings (SSSR count). The summed E-state index contributed by atoms with van der Waals surface area (Å²) in [6, 6.07) is 9.50. The first-order chi connectivity index (χ1) is 14.1. The molecule has 1 amide bonds. The first-order valence-electron chi connectivity index (χ1n) is 9.57. The van der Waals surface area contributed by atoms with Crippen LogP contribution >= 0.6 is 0 Å². The summed E-state index contributed by atoms with van der Waals surface area (Å²) in [5.41, 5.74) is 1.84. The molecule has 8 heteroatoms. The molecule has 1 aliphatic heterocycles. The first kappa shape index (κ1) is 18.8. The summed E-state index contributed by atoms with van der Waals surface area (Å²) >= 11 is 0. The van der Waals surface area contributed by atoms with Crippen LogP contribution in [0, 0.1) is 6.92 Å². The molecule has 3 aromatic rings. The van der Waals surface area contributed by atoms with E-state index in [0.29, 0.717) is 24.7 Å². The third-order valence-corrected chi connectivity index (χ3v) is 4.95. The quantitative estimate of drug-likeness (QED) is 0.675. The van der Waals surface area contributed by atoms with Crippen LogP contribution in [0.5, 0.6) is 0 Å². The first-order valence-corrected chi connectivity index (χ1v) is 9.57. The molecule has 3 aromatic heterocycles. The largest absolute Gasteiger partial charge is 0.338 e. The highest BCUT2D eigenvalue weighted by atomic mass is 16.2. The van der Waals surface area contributed by atoms with Gasteiger partial charge in [-0.2, -0.15) is 5.10 Å². The molecule has 1 fully saturated rings. The molecule has 4 heterocycles. The number of nitrogens with zero attached hydrogens (tertiary/aromatic N) is 6. The molecule has 8 nitrogen and oxygen atoms in total. The molecule has 0 unspecified atom stereocenters. The SMILES string of the molecule is Cc1nc(Nc2ccccn2)cc([C@@H]2CCN(C(=O)/C=C/c3ccnn3C)C2)n1. The molecule has 0 radical (unpaired) electrons. The number of likely N-dealkylation sites (tertiary alicyclic amines) is 1. The Hall–Kier alpha value is -3.55.